The number of hydrogen-bond acceptors (Lipinski definition) is 1. The molecule has 0 heterocycles. The molecular weight excluding hydrogens is 366 g/mol. The largest absolute Gasteiger partial charge is 0.457 e. The van der Waals surface area contributed by atoms with Gasteiger partial charge in [0.1, 0.15) is 23.1 Å². The van der Waals surface area contributed by atoms with Crippen molar-refractivity contribution in [2.24, 2.45) is 0 Å². The third-order valence-electron chi connectivity index (χ3n) is 4.78. The Morgan fingerprint density at radius 1 is 0.483 bits per heavy atom. The van der Waals surface area contributed by atoms with Gasteiger partial charge >= 0.3 is 0 Å². The summed E-state index contributed by atoms with van der Waals surface area (Å²) in [5, 5.41) is 0. The molecule has 29 heavy (non-hydrogen) atoms. The summed E-state index contributed by atoms with van der Waals surface area (Å²) >= 11 is 0. The van der Waals surface area contributed by atoms with E-state index in [4.69, 9.17) is 4.74 Å². The van der Waals surface area contributed by atoms with E-state index in [2.05, 4.69) is 0 Å². The van der Waals surface area contributed by atoms with Crippen LogP contribution >= 0.6 is 0 Å². The van der Waals surface area contributed by atoms with Crippen LogP contribution in [0.4, 0.5) is 8.78 Å². The standard InChI is InChI=1S/C26H20F2O/c27-23-13-9-19(10-14-23)17-21-5-1-3-7-25(21)29-26-8-4-2-6-22(26)18-20-11-15-24(28)16-12-20/h1-16H,17-18H2. The summed E-state index contributed by atoms with van der Waals surface area (Å²) in [5.41, 5.74) is 4.08. The molecule has 144 valence electrons. The fourth-order valence-electron chi connectivity index (χ4n) is 3.26. The summed E-state index contributed by atoms with van der Waals surface area (Å²) in [4.78, 5) is 0. The minimum atomic E-state index is -0.243. The van der Waals surface area contributed by atoms with Crippen molar-refractivity contribution in [2.45, 2.75) is 12.8 Å². The van der Waals surface area contributed by atoms with Crippen LogP contribution in [0.15, 0.2) is 97.1 Å². The molecule has 0 aromatic heterocycles. The monoisotopic (exact) mass is 386 g/mol. The molecule has 0 bridgehead atoms. The minimum absolute atomic E-state index is 0.243. The van der Waals surface area contributed by atoms with Gasteiger partial charge < -0.3 is 4.74 Å². The molecule has 0 fully saturated rings. The first-order valence-electron chi connectivity index (χ1n) is 9.50. The predicted octanol–water partition coefficient (Wildman–Crippen LogP) is 6.94. The fourth-order valence-corrected chi connectivity index (χ4v) is 3.26. The van der Waals surface area contributed by atoms with E-state index in [0.717, 1.165) is 33.8 Å². The molecule has 1 nitrogen and oxygen atoms in total. The van der Waals surface area contributed by atoms with E-state index in [1.807, 2.05) is 48.5 Å². The Bertz CT molecular complexity index is 997. The molecule has 0 spiro atoms. The highest BCUT2D eigenvalue weighted by atomic mass is 19.1. The second-order valence-electron chi connectivity index (χ2n) is 6.92. The van der Waals surface area contributed by atoms with Crippen LogP contribution in [-0.2, 0) is 12.8 Å². The molecule has 0 saturated heterocycles. The van der Waals surface area contributed by atoms with Gasteiger partial charge in [-0.2, -0.15) is 0 Å². The molecule has 4 rings (SSSR count). The Balaban J connectivity index is 1.58. The van der Waals surface area contributed by atoms with Gasteiger partial charge in [-0.3, -0.25) is 0 Å². The molecule has 0 aliphatic carbocycles. The first kappa shape index (κ1) is 18.9. The molecule has 0 N–H and O–H groups in total. The van der Waals surface area contributed by atoms with Crippen molar-refractivity contribution < 1.29 is 13.5 Å². The van der Waals surface area contributed by atoms with Crippen LogP contribution in [-0.4, -0.2) is 0 Å². The number of benzene rings is 4. The quantitative estimate of drug-likeness (QED) is 0.349. The van der Waals surface area contributed by atoms with Crippen molar-refractivity contribution in [1.82, 2.24) is 0 Å². The lowest BCUT2D eigenvalue weighted by atomic mass is 10.0. The molecule has 3 heteroatoms. The average molecular weight is 386 g/mol. The highest BCUT2D eigenvalue weighted by Crippen LogP contribution is 2.30. The van der Waals surface area contributed by atoms with Crippen LogP contribution in [0.25, 0.3) is 0 Å². The van der Waals surface area contributed by atoms with E-state index in [9.17, 15) is 8.78 Å². The van der Waals surface area contributed by atoms with Gasteiger partial charge in [-0.1, -0.05) is 60.7 Å². The topological polar surface area (TPSA) is 9.23 Å². The number of para-hydroxylation sites is 2. The lowest BCUT2D eigenvalue weighted by Gasteiger charge is -2.14. The second-order valence-corrected chi connectivity index (χ2v) is 6.92. The Kier molecular flexibility index (Phi) is 5.66. The average Bonchev–Trinajstić information content (AvgIpc) is 2.74. The summed E-state index contributed by atoms with van der Waals surface area (Å²) in [6, 6.07) is 28.7. The van der Waals surface area contributed by atoms with Crippen molar-refractivity contribution in [3.63, 3.8) is 0 Å². The van der Waals surface area contributed by atoms with Gasteiger partial charge in [0.05, 0.1) is 0 Å². The summed E-state index contributed by atoms with van der Waals surface area (Å²) in [6.45, 7) is 0. The third-order valence-corrected chi connectivity index (χ3v) is 4.78. The van der Waals surface area contributed by atoms with Crippen LogP contribution in [0, 0.1) is 11.6 Å². The van der Waals surface area contributed by atoms with E-state index in [1.54, 1.807) is 24.3 Å². The van der Waals surface area contributed by atoms with E-state index in [1.165, 1.54) is 24.3 Å². The van der Waals surface area contributed by atoms with E-state index in [0.29, 0.717) is 12.8 Å². The second kappa shape index (κ2) is 8.70. The summed E-state index contributed by atoms with van der Waals surface area (Å²) in [5.74, 6) is 1.05. The zero-order valence-electron chi connectivity index (χ0n) is 15.8. The Hall–Kier alpha value is -3.46. The van der Waals surface area contributed by atoms with E-state index < -0.39 is 0 Å². The van der Waals surface area contributed by atoms with Crippen LogP contribution in [0.1, 0.15) is 22.3 Å². The Morgan fingerprint density at radius 2 is 0.862 bits per heavy atom. The van der Waals surface area contributed by atoms with E-state index in [-0.39, 0.29) is 11.6 Å². The van der Waals surface area contributed by atoms with Crippen LogP contribution in [0.5, 0.6) is 11.5 Å². The van der Waals surface area contributed by atoms with Gasteiger partial charge in [0, 0.05) is 12.8 Å². The Morgan fingerprint density at radius 3 is 1.28 bits per heavy atom. The van der Waals surface area contributed by atoms with Gasteiger partial charge in [0.25, 0.3) is 0 Å². The summed E-state index contributed by atoms with van der Waals surface area (Å²) in [6.07, 6.45) is 1.30. The smallest absolute Gasteiger partial charge is 0.130 e. The van der Waals surface area contributed by atoms with Gasteiger partial charge in [0.15, 0.2) is 0 Å². The number of ether oxygens (including phenoxy) is 1. The van der Waals surface area contributed by atoms with Crippen molar-refractivity contribution >= 4 is 0 Å². The number of halogens is 2. The van der Waals surface area contributed by atoms with Crippen LogP contribution in [0.3, 0.4) is 0 Å². The maximum Gasteiger partial charge on any atom is 0.130 e. The minimum Gasteiger partial charge on any atom is -0.457 e. The lowest BCUT2D eigenvalue weighted by Crippen LogP contribution is -1.97. The third kappa shape index (κ3) is 4.88. The Labute approximate surface area is 169 Å². The normalized spacial score (nSPS) is 10.7. The molecule has 0 amide bonds. The summed E-state index contributed by atoms with van der Waals surface area (Å²) < 4.78 is 32.7. The molecular formula is C26H20F2O. The summed E-state index contributed by atoms with van der Waals surface area (Å²) in [7, 11) is 0. The van der Waals surface area contributed by atoms with E-state index >= 15 is 0 Å². The van der Waals surface area contributed by atoms with Crippen LogP contribution in [0.2, 0.25) is 0 Å². The SMILES string of the molecule is Fc1ccc(Cc2ccccc2Oc2ccccc2Cc2ccc(F)cc2)cc1. The molecule has 4 aromatic carbocycles. The number of rotatable bonds is 6. The highest BCUT2D eigenvalue weighted by molar-refractivity contribution is 5.44. The molecule has 0 saturated carbocycles. The lowest BCUT2D eigenvalue weighted by molar-refractivity contribution is 0.472. The molecule has 0 unspecified atom stereocenters. The molecule has 0 atom stereocenters. The number of hydrogen-bond donors (Lipinski definition) is 0. The fraction of sp³-hybridized carbons (Fsp3) is 0.0769. The maximum atomic E-state index is 13.2. The molecule has 0 radical (unpaired) electrons. The molecule has 0 aliphatic heterocycles. The van der Waals surface area contributed by atoms with Gasteiger partial charge in [-0.05, 0) is 58.7 Å². The first-order valence-corrected chi connectivity index (χ1v) is 9.50. The van der Waals surface area contributed by atoms with Crippen LogP contribution < -0.4 is 4.74 Å². The maximum absolute atomic E-state index is 13.2. The van der Waals surface area contributed by atoms with Crippen molar-refractivity contribution in [2.75, 3.05) is 0 Å². The van der Waals surface area contributed by atoms with Crippen molar-refractivity contribution in [3.8, 4) is 11.5 Å². The highest BCUT2D eigenvalue weighted by Gasteiger charge is 2.10. The zero-order chi connectivity index (χ0) is 20.1. The van der Waals surface area contributed by atoms with Crippen molar-refractivity contribution in [1.29, 1.82) is 0 Å². The van der Waals surface area contributed by atoms with Gasteiger partial charge in [-0.15, -0.1) is 0 Å². The molecule has 4 aromatic rings. The predicted molar refractivity (Wildman–Crippen MR) is 111 cm³/mol. The first-order chi connectivity index (χ1) is 14.2. The van der Waals surface area contributed by atoms with Gasteiger partial charge in [-0.25, -0.2) is 8.78 Å². The zero-order valence-corrected chi connectivity index (χ0v) is 15.8. The van der Waals surface area contributed by atoms with Gasteiger partial charge in [0.2, 0.25) is 0 Å². The molecule has 0 aliphatic rings. The van der Waals surface area contributed by atoms with Crippen molar-refractivity contribution in [3.05, 3.63) is 131 Å².